The third-order valence-electron chi connectivity index (χ3n) is 3.93. The first-order valence-corrected chi connectivity index (χ1v) is 8.61. The summed E-state index contributed by atoms with van der Waals surface area (Å²) in [5.41, 5.74) is 1.55. The van der Waals surface area contributed by atoms with E-state index >= 15 is 0 Å². The van der Waals surface area contributed by atoms with Crippen LogP contribution in [-0.2, 0) is 0 Å². The van der Waals surface area contributed by atoms with Crippen molar-refractivity contribution in [2.45, 2.75) is 0 Å². The number of hydrogen-bond donors (Lipinski definition) is 0. The SMILES string of the molecule is COc1cc(OC)cc(-c2nnc3sc(-c4ccc([N+](=O)[O-])cc4)nn23)c1. The van der Waals surface area contributed by atoms with Crippen molar-refractivity contribution >= 4 is 22.0 Å². The van der Waals surface area contributed by atoms with Gasteiger partial charge in [-0.05, 0) is 24.3 Å². The topological polar surface area (TPSA) is 105 Å². The first kappa shape index (κ1) is 16.9. The lowest BCUT2D eigenvalue weighted by Gasteiger charge is -2.06. The molecule has 2 aromatic carbocycles. The van der Waals surface area contributed by atoms with Gasteiger partial charge in [0.1, 0.15) is 16.5 Å². The van der Waals surface area contributed by atoms with Gasteiger partial charge in [-0.3, -0.25) is 10.1 Å². The molecular weight excluding hydrogens is 370 g/mol. The van der Waals surface area contributed by atoms with Crippen LogP contribution in [-0.4, -0.2) is 39.0 Å². The van der Waals surface area contributed by atoms with Crippen LogP contribution in [0.15, 0.2) is 42.5 Å². The second kappa shape index (κ2) is 6.65. The van der Waals surface area contributed by atoms with E-state index in [2.05, 4.69) is 15.3 Å². The Morgan fingerprint density at radius 3 is 2.26 bits per heavy atom. The van der Waals surface area contributed by atoms with Crippen LogP contribution in [0.3, 0.4) is 0 Å². The molecular formula is C17H13N5O4S. The number of fused-ring (bicyclic) bond motifs is 1. The van der Waals surface area contributed by atoms with E-state index in [1.54, 1.807) is 36.9 Å². The highest BCUT2D eigenvalue weighted by Crippen LogP contribution is 2.32. The smallest absolute Gasteiger partial charge is 0.269 e. The first-order valence-electron chi connectivity index (χ1n) is 7.79. The van der Waals surface area contributed by atoms with E-state index in [0.717, 1.165) is 11.1 Å². The fourth-order valence-electron chi connectivity index (χ4n) is 2.58. The molecule has 27 heavy (non-hydrogen) atoms. The minimum atomic E-state index is -0.434. The molecule has 0 aliphatic rings. The average molecular weight is 383 g/mol. The van der Waals surface area contributed by atoms with Crippen LogP contribution >= 0.6 is 11.3 Å². The van der Waals surface area contributed by atoms with Crippen molar-refractivity contribution in [1.82, 2.24) is 19.8 Å². The fraction of sp³-hybridized carbons (Fsp3) is 0.118. The Morgan fingerprint density at radius 2 is 1.67 bits per heavy atom. The molecule has 136 valence electrons. The van der Waals surface area contributed by atoms with Crippen molar-refractivity contribution in [1.29, 1.82) is 0 Å². The van der Waals surface area contributed by atoms with Crippen molar-refractivity contribution in [3.05, 3.63) is 52.6 Å². The molecule has 2 aromatic heterocycles. The molecule has 0 saturated heterocycles. The van der Waals surface area contributed by atoms with Gasteiger partial charge >= 0.3 is 0 Å². The molecule has 0 aliphatic carbocycles. The van der Waals surface area contributed by atoms with Gasteiger partial charge in [0.2, 0.25) is 4.96 Å². The number of non-ortho nitro benzene ring substituents is 1. The molecule has 0 spiro atoms. The minimum Gasteiger partial charge on any atom is -0.497 e. The largest absolute Gasteiger partial charge is 0.497 e. The summed E-state index contributed by atoms with van der Waals surface area (Å²) in [5.74, 6) is 1.81. The summed E-state index contributed by atoms with van der Waals surface area (Å²) < 4.78 is 12.2. The Bertz CT molecular complexity index is 1110. The van der Waals surface area contributed by atoms with Crippen LogP contribution < -0.4 is 9.47 Å². The lowest BCUT2D eigenvalue weighted by Crippen LogP contribution is -1.94. The van der Waals surface area contributed by atoms with Gasteiger partial charge in [0.05, 0.1) is 19.1 Å². The number of nitrogens with zero attached hydrogens (tertiary/aromatic N) is 5. The van der Waals surface area contributed by atoms with Crippen molar-refractivity contribution in [2.24, 2.45) is 0 Å². The second-order valence-electron chi connectivity index (χ2n) is 5.53. The summed E-state index contributed by atoms with van der Waals surface area (Å²) in [5, 5.41) is 24.4. The Labute approximate surface area is 157 Å². The third kappa shape index (κ3) is 3.06. The summed E-state index contributed by atoms with van der Waals surface area (Å²) >= 11 is 1.35. The number of nitro groups is 1. The maximum absolute atomic E-state index is 10.8. The van der Waals surface area contributed by atoms with Crippen LogP contribution in [0, 0.1) is 10.1 Å². The monoisotopic (exact) mass is 383 g/mol. The maximum atomic E-state index is 10.8. The lowest BCUT2D eigenvalue weighted by atomic mass is 10.2. The molecule has 0 aliphatic heterocycles. The lowest BCUT2D eigenvalue weighted by molar-refractivity contribution is -0.384. The Kier molecular flexibility index (Phi) is 4.16. The molecule has 0 amide bonds. The van der Waals surface area contributed by atoms with Gasteiger partial charge in [0.25, 0.3) is 5.69 Å². The summed E-state index contributed by atoms with van der Waals surface area (Å²) in [6.45, 7) is 0. The average Bonchev–Trinajstić information content (AvgIpc) is 3.28. The highest BCUT2D eigenvalue weighted by atomic mass is 32.1. The highest BCUT2D eigenvalue weighted by molar-refractivity contribution is 7.19. The van der Waals surface area contributed by atoms with Gasteiger partial charge in [-0.15, -0.1) is 10.2 Å². The third-order valence-corrected chi connectivity index (χ3v) is 4.87. The second-order valence-corrected chi connectivity index (χ2v) is 6.49. The van der Waals surface area contributed by atoms with Gasteiger partial charge in [0.15, 0.2) is 5.82 Å². The van der Waals surface area contributed by atoms with Gasteiger partial charge < -0.3 is 9.47 Å². The summed E-state index contributed by atoms with van der Waals surface area (Å²) in [6.07, 6.45) is 0. The van der Waals surface area contributed by atoms with Gasteiger partial charge in [-0.1, -0.05) is 11.3 Å². The maximum Gasteiger partial charge on any atom is 0.269 e. The van der Waals surface area contributed by atoms with Gasteiger partial charge in [-0.25, -0.2) is 0 Å². The van der Waals surface area contributed by atoms with E-state index in [4.69, 9.17) is 9.47 Å². The number of nitro benzene ring substituents is 1. The van der Waals surface area contributed by atoms with Gasteiger partial charge in [0, 0.05) is 29.3 Å². The van der Waals surface area contributed by atoms with Crippen molar-refractivity contribution in [2.75, 3.05) is 14.2 Å². The molecule has 0 fully saturated rings. The molecule has 4 aromatic rings. The van der Waals surface area contributed by atoms with E-state index in [1.807, 2.05) is 12.1 Å². The van der Waals surface area contributed by atoms with E-state index in [9.17, 15) is 10.1 Å². The number of rotatable bonds is 5. The van der Waals surface area contributed by atoms with Crippen LogP contribution in [0.2, 0.25) is 0 Å². The van der Waals surface area contributed by atoms with Gasteiger partial charge in [-0.2, -0.15) is 9.61 Å². The fourth-order valence-corrected chi connectivity index (χ4v) is 3.42. The minimum absolute atomic E-state index is 0.0333. The first-order chi connectivity index (χ1) is 13.1. The molecule has 4 rings (SSSR count). The zero-order valence-electron chi connectivity index (χ0n) is 14.3. The molecule has 0 saturated carbocycles. The van der Waals surface area contributed by atoms with Crippen molar-refractivity contribution in [3.63, 3.8) is 0 Å². The molecule has 0 atom stereocenters. The van der Waals surface area contributed by atoms with Crippen LogP contribution in [0.5, 0.6) is 11.5 Å². The standard InChI is InChI=1S/C17H13N5O4S/c1-25-13-7-11(8-14(9-13)26-2)15-18-19-17-21(15)20-16(27-17)10-3-5-12(6-4-10)22(23)24/h3-9H,1-2H3. The van der Waals surface area contributed by atoms with E-state index in [-0.39, 0.29) is 5.69 Å². The normalized spacial score (nSPS) is 10.9. The zero-order valence-corrected chi connectivity index (χ0v) is 15.1. The van der Waals surface area contributed by atoms with Crippen LogP contribution in [0.1, 0.15) is 0 Å². The van der Waals surface area contributed by atoms with Crippen LogP contribution in [0.25, 0.3) is 26.9 Å². The van der Waals surface area contributed by atoms with E-state index in [1.165, 1.54) is 23.5 Å². The van der Waals surface area contributed by atoms with E-state index in [0.29, 0.717) is 27.3 Å². The quantitative estimate of drug-likeness (QED) is 0.384. The Hall–Kier alpha value is -3.53. The predicted molar refractivity (Wildman–Crippen MR) is 99.3 cm³/mol. The number of aromatic nitrogens is 4. The zero-order chi connectivity index (χ0) is 19.0. The Balaban J connectivity index is 1.78. The number of benzene rings is 2. The Morgan fingerprint density at radius 1 is 1.00 bits per heavy atom. The number of hydrogen-bond acceptors (Lipinski definition) is 8. The molecule has 0 N–H and O–H groups in total. The number of ether oxygens (including phenoxy) is 2. The van der Waals surface area contributed by atoms with E-state index < -0.39 is 4.92 Å². The summed E-state index contributed by atoms with van der Waals surface area (Å²) in [4.78, 5) is 11.0. The summed E-state index contributed by atoms with van der Waals surface area (Å²) in [6, 6.07) is 11.6. The predicted octanol–water partition coefficient (Wildman–Crippen LogP) is 3.45. The molecule has 0 bridgehead atoms. The molecule has 10 heteroatoms. The summed E-state index contributed by atoms with van der Waals surface area (Å²) in [7, 11) is 3.15. The molecule has 0 radical (unpaired) electrons. The molecule has 0 unspecified atom stereocenters. The van der Waals surface area contributed by atoms with Crippen molar-refractivity contribution in [3.8, 4) is 33.5 Å². The highest BCUT2D eigenvalue weighted by Gasteiger charge is 2.16. The number of methoxy groups -OCH3 is 2. The molecule has 9 nitrogen and oxygen atoms in total. The van der Waals surface area contributed by atoms with Crippen LogP contribution in [0.4, 0.5) is 5.69 Å². The molecule has 2 heterocycles. The van der Waals surface area contributed by atoms with Crippen molar-refractivity contribution < 1.29 is 14.4 Å².